The van der Waals surface area contributed by atoms with Crippen LogP contribution in [0.15, 0.2) is 91.3 Å². The Morgan fingerprint density at radius 2 is 1.66 bits per heavy atom. The number of aryl methyl sites for hydroxylation is 1. The normalized spacial score (nSPS) is 17.9. The van der Waals surface area contributed by atoms with Crippen molar-refractivity contribution in [1.82, 2.24) is 14.9 Å². The molecule has 0 amide bonds. The SMILES string of the molecule is COc1ccc(N2C(=S)N[C@@H](c3ccccn3)[C@H]2c2cccn2-c2ccc(C)cc2)cc1. The topological polar surface area (TPSA) is 42.3 Å². The molecule has 5 rings (SSSR count). The number of rotatable bonds is 5. The maximum Gasteiger partial charge on any atom is 0.174 e. The molecule has 1 aliphatic rings. The summed E-state index contributed by atoms with van der Waals surface area (Å²) >= 11 is 5.84. The van der Waals surface area contributed by atoms with Gasteiger partial charge >= 0.3 is 0 Å². The second kappa shape index (κ2) is 8.48. The van der Waals surface area contributed by atoms with Crippen LogP contribution in [0.25, 0.3) is 5.69 Å². The van der Waals surface area contributed by atoms with Crippen LogP contribution in [-0.2, 0) is 0 Å². The van der Waals surface area contributed by atoms with Gasteiger partial charge < -0.3 is 19.5 Å². The van der Waals surface area contributed by atoms with Gasteiger partial charge in [-0.15, -0.1) is 0 Å². The highest BCUT2D eigenvalue weighted by atomic mass is 32.1. The number of anilines is 1. The lowest BCUT2D eigenvalue weighted by Crippen LogP contribution is -2.30. The molecule has 4 aromatic rings. The Bertz CT molecular complexity index is 1220. The van der Waals surface area contributed by atoms with Gasteiger partial charge in [0.1, 0.15) is 11.8 Å². The minimum absolute atomic E-state index is 0.0814. The molecule has 1 saturated heterocycles. The lowest BCUT2D eigenvalue weighted by molar-refractivity contribution is 0.415. The number of hydrogen-bond donors (Lipinski definition) is 1. The summed E-state index contributed by atoms with van der Waals surface area (Å²) in [5.74, 6) is 0.813. The zero-order valence-electron chi connectivity index (χ0n) is 18.0. The number of nitrogens with one attached hydrogen (secondary N) is 1. The van der Waals surface area contributed by atoms with Crippen LogP contribution in [0.1, 0.15) is 29.0 Å². The van der Waals surface area contributed by atoms with E-state index in [9.17, 15) is 0 Å². The maximum absolute atomic E-state index is 5.84. The number of hydrogen-bond acceptors (Lipinski definition) is 3. The van der Waals surface area contributed by atoms with Gasteiger partial charge in [0, 0.05) is 29.5 Å². The molecule has 3 heterocycles. The third-order valence-corrected chi connectivity index (χ3v) is 6.16. The van der Waals surface area contributed by atoms with Gasteiger partial charge in [0.15, 0.2) is 5.11 Å². The molecule has 0 spiro atoms. The summed E-state index contributed by atoms with van der Waals surface area (Å²) in [5.41, 5.74) is 5.43. The third kappa shape index (κ3) is 3.63. The van der Waals surface area contributed by atoms with E-state index in [4.69, 9.17) is 17.0 Å². The van der Waals surface area contributed by atoms with Gasteiger partial charge in [-0.05, 0) is 79.8 Å². The van der Waals surface area contributed by atoms with Crippen molar-refractivity contribution in [2.75, 3.05) is 12.0 Å². The van der Waals surface area contributed by atoms with Crippen LogP contribution < -0.4 is 15.0 Å². The number of methoxy groups -OCH3 is 1. The first kappa shape index (κ1) is 20.3. The molecule has 2 aromatic heterocycles. The molecule has 0 unspecified atom stereocenters. The molecule has 1 N–H and O–H groups in total. The lowest BCUT2D eigenvalue weighted by atomic mass is 10.0. The molecule has 32 heavy (non-hydrogen) atoms. The predicted molar refractivity (Wildman–Crippen MR) is 131 cm³/mol. The second-order valence-electron chi connectivity index (χ2n) is 7.83. The highest BCUT2D eigenvalue weighted by Crippen LogP contribution is 2.42. The van der Waals surface area contributed by atoms with Crippen LogP contribution in [-0.4, -0.2) is 21.8 Å². The summed E-state index contributed by atoms with van der Waals surface area (Å²) in [5, 5.41) is 4.20. The van der Waals surface area contributed by atoms with E-state index in [1.807, 2.05) is 48.7 Å². The fourth-order valence-corrected chi connectivity index (χ4v) is 4.60. The van der Waals surface area contributed by atoms with Crippen molar-refractivity contribution in [2.45, 2.75) is 19.0 Å². The highest BCUT2D eigenvalue weighted by molar-refractivity contribution is 7.80. The van der Waals surface area contributed by atoms with E-state index in [-0.39, 0.29) is 12.1 Å². The summed E-state index contributed by atoms with van der Waals surface area (Å²) in [4.78, 5) is 6.82. The van der Waals surface area contributed by atoms with E-state index in [0.717, 1.165) is 28.5 Å². The van der Waals surface area contributed by atoms with E-state index in [1.54, 1.807) is 7.11 Å². The third-order valence-electron chi connectivity index (χ3n) is 5.84. The van der Waals surface area contributed by atoms with Crippen LogP contribution >= 0.6 is 12.2 Å². The summed E-state index contributed by atoms with van der Waals surface area (Å²) in [6, 6.07) is 26.6. The van der Waals surface area contributed by atoms with Crippen molar-refractivity contribution in [3.63, 3.8) is 0 Å². The van der Waals surface area contributed by atoms with Gasteiger partial charge in [0.25, 0.3) is 0 Å². The van der Waals surface area contributed by atoms with Gasteiger partial charge in [-0.3, -0.25) is 4.98 Å². The van der Waals surface area contributed by atoms with E-state index in [1.165, 1.54) is 5.56 Å². The molecule has 6 heteroatoms. The molecule has 160 valence electrons. The number of benzene rings is 2. The standard InChI is InChI=1S/C26H24N4OS/c1-18-8-10-19(11-9-18)29-17-5-7-23(29)25-24(22-6-3-4-16-27-22)28-26(32)30(25)20-12-14-21(31-2)15-13-20/h3-17,24-25H,1-2H3,(H,28,32)/t24-,25+/m0/s1. The molecular weight excluding hydrogens is 416 g/mol. The summed E-state index contributed by atoms with van der Waals surface area (Å²) in [6.45, 7) is 2.10. The van der Waals surface area contributed by atoms with E-state index >= 15 is 0 Å². The molecule has 1 aliphatic heterocycles. The first-order valence-electron chi connectivity index (χ1n) is 10.5. The van der Waals surface area contributed by atoms with Crippen molar-refractivity contribution in [2.24, 2.45) is 0 Å². The molecule has 1 fully saturated rings. The molecule has 5 nitrogen and oxygen atoms in total. The first-order valence-corrected chi connectivity index (χ1v) is 11.0. The fourth-order valence-electron chi connectivity index (χ4n) is 4.25. The number of aromatic nitrogens is 2. The van der Waals surface area contributed by atoms with Gasteiger partial charge in [0.05, 0.1) is 18.8 Å². The largest absolute Gasteiger partial charge is 0.497 e. The molecule has 2 atom stereocenters. The second-order valence-corrected chi connectivity index (χ2v) is 8.22. The smallest absolute Gasteiger partial charge is 0.174 e. The van der Waals surface area contributed by atoms with Crippen molar-refractivity contribution < 1.29 is 4.74 Å². The van der Waals surface area contributed by atoms with Gasteiger partial charge in [0.2, 0.25) is 0 Å². The van der Waals surface area contributed by atoms with Crippen molar-refractivity contribution in [3.05, 3.63) is 108 Å². The fraction of sp³-hybridized carbons (Fsp3) is 0.154. The van der Waals surface area contributed by atoms with Crippen LogP contribution in [0, 0.1) is 6.92 Å². The van der Waals surface area contributed by atoms with Crippen LogP contribution in [0.2, 0.25) is 0 Å². The quantitative estimate of drug-likeness (QED) is 0.423. The Morgan fingerprint density at radius 3 is 2.34 bits per heavy atom. The zero-order chi connectivity index (χ0) is 22.1. The first-order chi connectivity index (χ1) is 15.7. The van der Waals surface area contributed by atoms with E-state index < -0.39 is 0 Å². The van der Waals surface area contributed by atoms with Gasteiger partial charge in [-0.2, -0.15) is 0 Å². The molecular formula is C26H24N4OS. The van der Waals surface area contributed by atoms with Gasteiger partial charge in [-0.1, -0.05) is 23.8 Å². The number of nitrogens with zero attached hydrogens (tertiary/aromatic N) is 3. The molecule has 2 aromatic carbocycles. The number of ether oxygens (including phenoxy) is 1. The van der Waals surface area contributed by atoms with Crippen molar-refractivity contribution >= 4 is 23.0 Å². The van der Waals surface area contributed by atoms with Crippen molar-refractivity contribution in [3.8, 4) is 11.4 Å². The number of thiocarbonyl (C=S) groups is 1. The summed E-state index contributed by atoms with van der Waals surface area (Å²) in [7, 11) is 1.67. The minimum Gasteiger partial charge on any atom is -0.497 e. The average Bonchev–Trinajstić information content (AvgIpc) is 3.44. The van der Waals surface area contributed by atoms with Crippen molar-refractivity contribution in [1.29, 1.82) is 0 Å². The Morgan fingerprint density at radius 1 is 0.906 bits per heavy atom. The molecule has 0 bridgehead atoms. The Balaban J connectivity index is 1.64. The van der Waals surface area contributed by atoms with E-state index in [0.29, 0.717) is 5.11 Å². The zero-order valence-corrected chi connectivity index (χ0v) is 18.8. The highest BCUT2D eigenvalue weighted by Gasteiger charge is 2.42. The number of pyridine rings is 1. The molecule has 0 aliphatic carbocycles. The minimum atomic E-state index is -0.0927. The van der Waals surface area contributed by atoms with Gasteiger partial charge in [-0.25, -0.2) is 0 Å². The monoisotopic (exact) mass is 440 g/mol. The Kier molecular flexibility index (Phi) is 5.37. The lowest BCUT2D eigenvalue weighted by Gasteiger charge is -2.29. The molecule has 0 saturated carbocycles. The Hall–Kier alpha value is -3.64. The molecule has 0 radical (unpaired) electrons. The Labute approximate surface area is 193 Å². The summed E-state index contributed by atoms with van der Waals surface area (Å²) in [6.07, 6.45) is 3.93. The summed E-state index contributed by atoms with van der Waals surface area (Å²) < 4.78 is 7.58. The van der Waals surface area contributed by atoms with Crippen LogP contribution in [0.5, 0.6) is 5.75 Å². The van der Waals surface area contributed by atoms with E-state index in [2.05, 4.69) is 69.3 Å². The van der Waals surface area contributed by atoms with Crippen LogP contribution in [0.3, 0.4) is 0 Å². The predicted octanol–water partition coefficient (Wildman–Crippen LogP) is 5.37. The average molecular weight is 441 g/mol. The van der Waals surface area contributed by atoms with Crippen LogP contribution in [0.4, 0.5) is 5.69 Å². The maximum atomic E-state index is 5.84.